The van der Waals surface area contributed by atoms with Crippen molar-refractivity contribution in [2.75, 3.05) is 13.7 Å². The number of hydrogen-bond donors (Lipinski definition) is 1. The van der Waals surface area contributed by atoms with Crippen LogP contribution < -0.4 is 5.32 Å². The van der Waals surface area contributed by atoms with E-state index in [1.807, 2.05) is 19.1 Å². The lowest BCUT2D eigenvalue weighted by Gasteiger charge is -2.12. The lowest BCUT2D eigenvalue weighted by atomic mass is 10.2. The molecule has 0 radical (unpaired) electrons. The van der Waals surface area contributed by atoms with E-state index in [-0.39, 0.29) is 11.9 Å². The van der Waals surface area contributed by atoms with Crippen molar-refractivity contribution in [2.45, 2.75) is 13.0 Å². The molecule has 0 fully saturated rings. The van der Waals surface area contributed by atoms with Gasteiger partial charge >= 0.3 is 0 Å². The van der Waals surface area contributed by atoms with Crippen LogP contribution >= 0.6 is 15.9 Å². The fraction of sp³-hybridized carbons (Fsp3) is 0.364. The number of amides is 1. The lowest BCUT2D eigenvalue weighted by molar-refractivity contribution is 0.0905. The highest BCUT2D eigenvalue weighted by atomic mass is 79.9. The van der Waals surface area contributed by atoms with Gasteiger partial charge in [-0.1, -0.05) is 22.0 Å². The zero-order chi connectivity index (χ0) is 11.3. The third-order valence-electron chi connectivity index (χ3n) is 1.88. The number of carbonyl (C=O) groups is 1. The SMILES string of the molecule is COC[C@H](C)NC(=O)c1cccc(Br)c1. The molecule has 15 heavy (non-hydrogen) atoms. The number of halogens is 1. The molecule has 1 rings (SSSR count). The first kappa shape index (κ1) is 12.2. The average molecular weight is 272 g/mol. The van der Waals surface area contributed by atoms with Crippen molar-refractivity contribution < 1.29 is 9.53 Å². The van der Waals surface area contributed by atoms with Gasteiger partial charge in [-0.3, -0.25) is 4.79 Å². The predicted octanol–water partition coefficient (Wildman–Crippen LogP) is 2.21. The maximum Gasteiger partial charge on any atom is 0.251 e. The second-order valence-electron chi connectivity index (χ2n) is 3.34. The molecule has 0 saturated heterocycles. The van der Waals surface area contributed by atoms with Crippen LogP contribution in [0.3, 0.4) is 0 Å². The summed E-state index contributed by atoms with van der Waals surface area (Å²) in [5, 5.41) is 2.84. The van der Waals surface area contributed by atoms with Crippen molar-refractivity contribution in [2.24, 2.45) is 0 Å². The van der Waals surface area contributed by atoms with Crippen LogP contribution in [0.1, 0.15) is 17.3 Å². The van der Waals surface area contributed by atoms with Crippen molar-refractivity contribution >= 4 is 21.8 Å². The Kier molecular flexibility index (Phi) is 4.78. The van der Waals surface area contributed by atoms with Crippen LogP contribution in [0.25, 0.3) is 0 Å². The Morgan fingerprint density at radius 2 is 2.33 bits per heavy atom. The molecule has 0 saturated carbocycles. The van der Waals surface area contributed by atoms with Gasteiger partial charge in [-0.05, 0) is 25.1 Å². The van der Waals surface area contributed by atoms with Crippen molar-refractivity contribution in [1.82, 2.24) is 5.32 Å². The molecule has 3 nitrogen and oxygen atoms in total. The van der Waals surface area contributed by atoms with Gasteiger partial charge in [-0.15, -0.1) is 0 Å². The first-order chi connectivity index (χ1) is 7.13. The van der Waals surface area contributed by atoms with E-state index in [2.05, 4.69) is 21.2 Å². The molecule has 0 aliphatic carbocycles. The Bertz CT molecular complexity index is 341. The van der Waals surface area contributed by atoms with Crippen LogP contribution in [-0.4, -0.2) is 25.7 Å². The first-order valence-corrected chi connectivity index (χ1v) is 5.48. The minimum Gasteiger partial charge on any atom is -0.383 e. The van der Waals surface area contributed by atoms with Gasteiger partial charge in [0.15, 0.2) is 0 Å². The fourth-order valence-electron chi connectivity index (χ4n) is 1.23. The number of hydrogen-bond acceptors (Lipinski definition) is 2. The molecule has 82 valence electrons. The molecule has 0 heterocycles. The van der Waals surface area contributed by atoms with E-state index in [1.165, 1.54) is 0 Å². The molecule has 0 bridgehead atoms. The van der Waals surface area contributed by atoms with Crippen molar-refractivity contribution in [3.05, 3.63) is 34.3 Å². The summed E-state index contributed by atoms with van der Waals surface area (Å²) < 4.78 is 5.84. The molecule has 4 heteroatoms. The van der Waals surface area contributed by atoms with Gasteiger partial charge in [0, 0.05) is 23.2 Å². The molecule has 0 unspecified atom stereocenters. The highest BCUT2D eigenvalue weighted by Crippen LogP contribution is 2.11. The minimum atomic E-state index is -0.0825. The van der Waals surface area contributed by atoms with Gasteiger partial charge in [-0.25, -0.2) is 0 Å². The van der Waals surface area contributed by atoms with E-state index in [9.17, 15) is 4.79 Å². The summed E-state index contributed by atoms with van der Waals surface area (Å²) in [5.41, 5.74) is 0.646. The number of ether oxygens (including phenoxy) is 1. The molecule has 0 aliphatic heterocycles. The normalized spacial score (nSPS) is 12.2. The number of carbonyl (C=O) groups excluding carboxylic acids is 1. The maximum absolute atomic E-state index is 11.7. The molecule has 0 aliphatic rings. The smallest absolute Gasteiger partial charge is 0.251 e. The summed E-state index contributed by atoms with van der Waals surface area (Å²) in [6.07, 6.45) is 0. The molecule has 0 aromatic heterocycles. The molecular weight excluding hydrogens is 258 g/mol. The first-order valence-electron chi connectivity index (χ1n) is 4.69. The van der Waals surface area contributed by atoms with E-state index in [0.717, 1.165) is 4.47 Å². The second-order valence-corrected chi connectivity index (χ2v) is 4.26. The quantitative estimate of drug-likeness (QED) is 0.912. The highest BCUT2D eigenvalue weighted by molar-refractivity contribution is 9.10. The van der Waals surface area contributed by atoms with E-state index < -0.39 is 0 Å². The van der Waals surface area contributed by atoms with Crippen LogP contribution in [0.4, 0.5) is 0 Å². The van der Waals surface area contributed by atoms with Crippen LogP contribution in [0, 0.1) is 0 Å². The Balaban J connectivity index is 2.61. The third-order valence-corrected chi connectivity index (χ3v) is 2.37. The van der Waals surface area contributed by atoms with Crippen LogP contribution in [0.15, 0.2) is 28.7 Å². The summed E-state index contributed by atoms with van der Waals surface area (Å²) in [7, 11) is 1.61. The van der Waals surface area contributed by atoms with Gasteiger partial charge in [0.05, 0.1) is 6.61 Å². The van der Waals surface area contributed by atoms with Gasteiger partial charge < -0.3 is 10.1 Å². The van der Waals surface area contributed by atoms with E-state index in [0.29, 0.717) is 12.2 Å². The molecule has 1 atom stereocenters. The predicted molar refractivity (Wildman–Crippen MR) is 62.9 cm³/mol. The van der Waals surface area contributed by atoms with Crippen LogP contribution in [-0.2, 0) is 4.74 Å². The topological polar surface area (TPSA) is 38.3 Å². The largest absolute Gasteiger partial charge is 0.383 e. The van der Waals surface area contributed by atoms with E-state index in [1.54, 1.807) is 19.2 Å². The van der Waals surface area contributed by atoms with E-state index in [4.69, 9.17) is 4.74 Å². The Morgan fingerprint density at radius 3 is 2.93 bits per heavy atom. The number of methoxy groups -OCH3 is 1. The zero-order valence-electron chi connectivity index (χ0n) is 8.79. The molecule has 0 spiro atoms. The summed E-state index contributed by atoms with van der Waals surface area (Å²) in [6.45, 7) is 2.42. The second kappa shape index (κ2) is 5.88. The van der Waals surface area contributed by atoms with Crippen molar-refractivity contribution in [3.63, 3.8) is 0 Å². The number of rotatable bonds is 4. The summed E-state index contributed by atoms with van der Waals surface area (Å²) in [5.74, 6) is -0.0825. The number of benzene rings is 1. The van der Waals surface area contributed by atoms with E-state index >= 15 is 0 Å². The lowest BCUT2D eigenvalue weighted by Crippen LogP contribution is -2.35. The standard InChI is InChI=1S/C11H14BrNO2/c1-8(7-15-2)13-11(14)9-4-3-5-10(12)6-9/h3-6,8H,7H2,1-2H3,(H,13,14)/t8-/m0/s1. The molecule has 1 aromatic carbocycles. The monoisotopic (exact) mass is 271 g/mol. The fourth-order valence-corrected chi connectivity index (χ4v) is 1.63. The van der Waals surface area contributed by atoms with Gasteiger partial charge in [0.1, 0.15) is 0 Å². The maximum atomic E-state index is 11.7. The third kappa shape index (κ3) is 4.01. The number of nitrogens with one attached hydrogen (secondary N) is 1. The Morgan fingerprint density at radius 1 is 1.60 bits per heavy atom. The summed E-state index contributed by atoms with van der Waals surface area (Å²) >= 11 is 3.32. The van der Waals surface area contributed by atoms with Crippen molar-refractivity contribution in [1.29, 1.82) is 0 Å². The summed E-state index contributed by atoms with van der Waals surface area (Å²) in [6, 6.07) is 7.30. The highest BCUT2D eigenvalue weighted by Gasteiger charge is 2.09. The zero-order valence-corrected chi connectivity index (χ0v) is 10.4. The van der Waals surface area contributed by atoms with Crippen LogP contribution in [0.5, 0.6) is 0 Å². The van der Waals surface area contributed by atoms with Crippen LogP contribution in [0.2, 0.25) is 0 Å². The van der Waals surface area contributed by atoms with Gasteiger partial charge in [0.25, 0.3) is 5.91 Å². The molecule has 1 N–H and O–H groups in total. The molecule has 1 amide bonds. The minimum absolute atomic E-state index is 0.0153. The van der Waals surface area contributed by atoms with Gasteiger partial charge in [0.2, 0.25) is 0 Å². The van der Waals surface area contributed by atoms with Crippen molar-refractivity contribution in [3.8, 4) is 0 Å². The average Bonchev–Trinajstić information content (AvgIpc) is 2.18. The Hall–Kier alpha value is -0.870. The van der Waals surface area contributed by atoms with Gasteiger partial charge in [-0.2, -0.15) is 0 Å². The summed E-state index contributed by atoms with van der Waals surface area (Å²) in [4.78, 5) is 11.7. The molecular formula is C11H14BrNO2. The molecule has 1 aromatic rings. The Labute approximate surface area is 97.9 Å².